The summed E-state index contributed by atoms with van der Waals surface area (Å²) in [4.78, 5) is 12.4. The molecule has 2 heterocycles. The van der Waals surface area contributed by atoms with Gasteiger partial charge in [0, 0.05) is 24.0 Å². The van der Waals surface area contributed by atoms with Gasteiger partial charge in [0.1, 0.15) is 11.4 Å². The molecule has 2 aromatic rings. The van der Waals surface area contributed by atoms with E-state index in [1.54, 1.807) is 12.1 Å². The van der Waals surface area contributed by atoms with E-state index in [2.05, 4.69) is 11.4 Å². The van der Waals surface area contributed by atoms with E-state index in [1.807, 2.05) is 36.4 Å². The molecule has 1 spiro atoms. The SMILES string of the molecule is CC(C)S(=O)(=O)C(=O)c1ccc(C2=CC3(CCNCC3)Oc3ccccc32)cc1. The van der Waals surface area contributed by atoms with Gasteiger partial charge in [-0.25, -0.2) is 8.42 Å². The van der Waals surface area contributed by atoms with E-state index in [4.69, 9.17) is 4.74 Å². The van der Waals surface area contributed by atoms with Gasteiger partial charge in [-0.2, -0.15) is 0 Å². The van der Waals surface area contributed by atoms with Crippen LogP contribution >= 0.6 is 0 Å². The summed E-state index contributed by atoms with van der Waals surface area (Å²) in [6.45, 7) is 4.83. The molecule has 1 saturated heterocycles. The van der Waals surface area contributed by atoms with Crippen LogP contribution in [-0.2, 0) is 9.84 Å². The van der Waals surface area contributed by atoms with Gasteiger partial charge in [-0.3, -0.25) is 4.79 Å². The number of piperidine rings is 1. The number of carbonyl (C=O) groups excluding carboxylic acids is 1. The van der Waals surface area contributed by atoms with Crippen molar-refractivity contribution in [1.29, 1.82) is 0 Å². The number of rotatable bonds is 3. The number of carbonyl (C=O) groups is 1. The van der Waals surface area contributed by atoms with Gasteiger partial charge in [0.15, 0.2) is 0 Å². The lowest BCUT2D eigenvalue weighted by Crippen LogP contribution is -2.46. The Kier molecular flexibility index (Phi) is 5.09. The zero-order chi connectivity index (χ0) is 20.6. The highest BCUT2D eigenvalue weighted by atomic mass is 32.2. The van der Waals surface area contributed by atoms with E-state index in [1.165, 1.54) is 13.8 Å². The predicted octanol–water partition coefficient (Wildman–Crippen LogP) is 3.60. The molecule has 5 nitrogen and oxygen atoms in total. The van der Waals surface area contributed by atoms with Crippen LogP contribution in [0.4, 0.5) is 0 Å². The first-order valence-electron chi connectivity index (χ1n) is 9.93. The molecule has 2 aromatic carbocycles. The number of fused-ring (bicyclic) bond motifs is 1. The predicted molar refractivity (Wildman–Crippen MR) is 114 cm³/mol. The van der Waals surface area contributed by atoms with Crippen molar-refractivity contribution in [1.82, 2.24) is 5.32 Å². The molecular weight excluding hydrogens is 386 g/mol. The summed E-state index contributed by atoms with van der Waals surface area (Å²) in [5, 5.41) is 1.81. The Hall–Kier alpha value is -2.44. The molecule has 29 heavy (non-hydrogen) atoms. The van der Waals surface area contributed by atoms with E-state index in [0.29, 0.717) is 0 Å². The molecule has 6 heteroatoms. The van der Waals surface area contributed by atoms with Crippen LogP contribution in [-0.4, -0.2) is 37.5 Å². The first kappa shape index (κ1) is 19.9. The van der Waals surface area contributed by atoms with Crippen LogP contribution in [0.3, 0.4) is 0 Å². The Morgan fingerprint density at radius 1 is 1.03 bits per heavy atom. The van der Waals surface area contributed by atoms with E-state index >= 15 is 0 Å². The zero-order valence-corrected chi connectivity index (χ0v) is 17.5. The molecule has 1 fully saturated rings. The number of nitrogens with one attached hydrogen (secondary N) is 1. The molecule has 152 valence electrons. The van der Waals surface area contributed by atoms with Crippen LogP contribution in [0.1, 0.15) is 48.2 Å². The lowest BCUT2D eigenvalue weighted by Gasteiger charge is -2.40. The topological polar surface area (TPSA) is 72.5 Å². The Bertz CT molecular complexity index is 1060. The lowest BCUT2D eigenvalue weighted by molar-refractivity contribution is 0.0817. The van der Waals surface area contributed by atoms with Gasteiger partial charge in [0.2, 0.25) is 9.84 Å². The van der Waals surface area contributed by atoms with Gasteiger partial charge in [0.05, 0.1) is 5.25 Å². The second-order valence-corrected chi connectivity index (χ2v) is 10.3. The number of hydrogen-bond acceptors (Lipinski definition) is 5. The fraction of sp³-hybridized carbons (Fsp3) is 0.348. The van der Waals surface area contributed by atoms with Gasteiger partial charge < -0.3 is 10.1 Å². The first-order valence-corrected chi connectivity index (χ1v) is 11.5. The maximum absolute atomic E-state index is 12.4. The van der Waals surface area contributed by atoms with E-state index in [0.717, 1.165) is 48.4 Å². The quantitative estimate of drug-likeness (QED) is 0.836. The minimum absolute atomic E-state index is 0.194. The second-order valence-electron chi connectivity index (χ2n) is 7.93. The maximum atomic E-state index is 12.4. The van der Waals surface area contributed by atoms with Crippen molar-refractivity contribution in [3.63, 3.8) is 0 Å². The van der Waals surface area contributed by atoms with Crippen molar-refractivity contribution in [2.45, 2.75) is 37.5 Å². The van der Waals surface area contributed by atoms with Crippen molar-refractivity contribution >= 4 is 20.5 Å². The van der Waals surface area contributed by atoms with Gasteiger partial charge in [-0.15, -0.1) is 0 Å². The Labute approximate surface area is 171 Å². The van der Waals surface area contributed by atoms with Crippen molar-refractivity contribution in [3.05, 3.63) is 71.3 Å². The molecule has 4 rings (SSSR count). The van der Waals surface area contributed by atoms with Gasteiger partial charge in [-0.05, 0) is 62.3 Å². The van der Waals surface area contributed by atoms with Crippen molar-refractivity contribution in [2.24, 2.45) is 0 Å². The first-order chi connectivity index (χ1) is 13.8. The second kappa shape index (κ2) is 7.43. The summed E-state index contributed by atoms with van der Waals surface area (Å²) in [5.74, 6) is 0.856. The number of benzene rings is 2. The minimum Gasteiger partial charge on any atom is -0.482 e. The third kappa shape index (κ3) is 3.63. The van der Waals surface area contributed by atoms with Crippen LogP contribution in [0.15, 0.2) is 54.6 Å². The molecule has 1 N–H and O–H groups in total. The number of ether oxygens (including phenoxy) is 1. The minimum atomic E-state index is -3.82. The lowest BCUT2D eigenvalue weighted by atomic mass is 9.83. The summed E-state index contributed by atoms with van der Waals surface area (Å²) < 4.78 is 30.8. The molecule has 2 aliphatic rings. The van der Waals surface area contributed by atoms with E-state index in [9.17, 15) is 13.2 Å². The summed E-state index contributed by atoms with van der Waals surface area (Å²) in [7, 11) is -3.82. The Morgan fingerprint density at radius 2 is 1.69 bits per heavy atom. The normalized spacial score (nSPS) is 18.1. The molecule has 2 aliphatic heterocycles. The monoisotopic (exact) mass is 411 g/mol. The third-order valence-corrected chi connectivity index (χ3v) is 7.65. The standard InChI is InChI=1S/C23H25NO4S/c1-16(2)29(26,27)22(25)18-9-7-17(8-10-18)20-15-23(11-13-24-14-12-23)28-21-6-4-3-5-19(20)21/h3-10,15-16,24H,11-14H2,1-2H3. The average Bonchev–Trinajstić information content (AvgIpc) is 2.73. The highest BCUT2D eigenvalue weighted by Gasteiger charge is 2.37. The molecule has 0 atom stereocenters. The van der Waals surface area contributed by atoms with E-state index < -0.39 is 20.2 Å². The molecule has 0 amide bonds. The maximum Gasteiger partial charge on any atom is 0.276 e. The third-order valence-electron chi connectivity index (χ3n) is 5.66. The highest BCUT2D eigenvalue weighted by Crippen LogP contribution is 2.42. The zero-order valence-electron chi connectivity index (χ0n) is 16.6. The molecule has 0 aliphatic carbocycles. The molecule has 0 bridgehead atoms. The fourth-order valence-electron chi connectivity index (χ4n) is 3.87. The van der Waals surface area contributed by atoms with Crippen LogP contribution in [0, 0.1) is 0 Å². The molecule has 0 saturated carbocycles. The van der Waals surface area contributed by atoms with Crippen LogP contribution in [0.5, 0.6) is 5.75 Å². The van der Waals surface area contributed by atoms with Crippen LogP contribution in [0.2, 0.25) is 0 Å². The van der Waals surface area contributed by atoms with Crippen molar-refractivity contribution in [2.75, 3.05) is 13.1 Å². The average molecular weight is 412 g/mol. The summed E-state index contributed by atoms with van der Waals surface area (Å²) in [6, 6.07) is 14.8. The number of hydrogen-bond donors (Lipinski definition) is 1. The molecule has 0 aromatic heterocycles. The van der Waals surface area contributed by atoms with Gasteiger partial charge in [-0.1, -0.05) is 30.3 Å². The van der Waals surface area contributed by atoms with Gasteiger partial charge >= 0.3 is 0 Å². The van der Waals surface area contributed by atoms with Crippen LogP contribution in [0.25, 0.3) is 5.57 Å². The van der Waals surface area contributed by atoms with Crippen molar-refractivity contribution < 1.29 is 17.9 Å². The fourth-order valence-corrected chi connectivity index (χ4v) is 4.76. The summed E-state index contributed by atoms with van der Waals surface area (Å²) in [6.07, 6.45) is 3.96. The number of para-hydroxylation sites is 1. The Balaban J connectivity index is 1.73. The Morgan fingerprint density at radius 3 is 2.34 bits per heavy atom. The largest absolute Gasteiger partial charge is 0.482 e. The van der Waals surface area contributed by atoms with Gasteiger partial charge in [0.25, 0.3) is 5.12 Å². The number of sulfone groups is 1. The molecule has 0 unspecified atom stereocenters. The summed E-state index contributed by atoms with van der Waals surface area (Å²) >= 11 is 0. The summed E-state index contributed by atoms with van der Waals surface area (Å²) in [5.41, 5.74) is 2.85. The molecule has 0 radical (unpaired) electrons. The highest BCUT2D eigenvalue weighted by molar-refractivity contribution is 8.07. The van der Waals surface area contributed by atoms with E-state index in [-0.39, 0.29) is 11.2 Å². The molecular formula is C23H25NO4S. The smallest absolute Gasteiger partial charge is 0.276 e. The van der Waals surface area contributed by atoms with Crippen molar-refractivity contribution in [3.8, 4) is 5.75 Å². The van der Waals surface area contributed by atoms with Crippen LogP contribution < -0.4 is 10.1 Å².